The number of nitrogens with one attached hydrogen (secondary N) is 1. The number of para-hydroxylation sites is 1. The highest BCUT2D eigenvalue weighted by Gasteiger charge is 2.36. The van der Waals surface area contributed by atoms with Gasteiger partial charge >= 0.3 is 0 Å². The Morgan fingerprint density at radius 1 is 0.905 bits per heavy atom. The Hall–Kier alpha value is -3.15. The van der Waals surface area contributed by atoms with Crippen LogP contribution in [0.1, 0.15) is 31.1 Å². The summed E-state index contributed by atoms with van der Waals surface area (Å²) in [6.45, 7) is 0. The van der Waals surface area contributed by atoms with Gasteiger partial charge in [-0.2, -0.15) is 5.01 Å². The number of rotatable bonds is 2. The number of imide groups is 1. The van der Waals surface area contributed by atoms with Crippen molar-refractivity contribution in [3.05, 3.63) is 65.2 Å². The van der Waals surface area contributed by atoms with Gasteiger partial charge in [0.1, 0.15) is 0 Å². The lowest BCUT2D eigenvalue weighted by molar-refractivity contribution is 0.0518. The average Bonchev–Trinajstić information content (AvgIpc) is 2.73. The number of carbonyl (C=O) groups excluding carboxylic acids is 3. The van der Waals surface area contributed by atoms with Gasteiger partial charge in [-0.3, -0.25) is 19.8 Å². The van der Waals surface area contributed by atoms with Crippen LogP contribution < -0.4 is 11.2 Å². The van der Waals surface area contributed by atoms with E-state index < -0.39 is 17.7 Å². The fourth-order valence-corrected chi connectivity index (χ4v) is 2.16. The maximum Gasteiger partial charge on any atom is 0.280 e. The summed E-state index contributed by atoms with van der Waals surface area (Å²) in [6.07, 6.45) is 0. The fraction of sp³-hybridized carbons (Fsp3) is 0. The summed E-state index contributed by atoms with van der Waals surface area (Å²) < 4.78 is 0. The maximum atomic E-state index is 12.1. The second kappa shape index (κ2) is 4.75. The number of hydrogen-bond acceptors (Lipinski definition) is 4. The average molecular weight is 281 g/mol. The van der Waals surface area contributed by atoms with Gasteiger partial charge in [0.15, 0.2) is 0 Å². The fourth-order valence-electron chi connectivity index (χ4n) is 2.16. The van der Waals surface area contributed by atoms with Crippen molar-refractivity contribution in [2.75, 3.05) is 5.73 Å². The first kappa shape index (κ1) is 12.9. The van der Waals surface area contributed by atoms with E-state index in [1.807, 2.05) is 0 Å². The van der Waals surface area contributed by atoms with Crippen LogP contribution in [0.2, 0.25) is 0 Å². The van der Waals surface area contributed by atoms with Crippen molar-refractivity contribution in [2.45, 2.75) is 0 Å². The van der Waals surface area contributed by atoms with Crippen LogP contribution in [0.4, 0.5) is 5.69 Å². The van der Waals surface area contributed by atoms with E-state index in [1.54, 1.807) is 42.5 Å². The molecule has 0 saturated carbocycles. The van der Waals surface area contributed by atoms with Crippen molar-refractivity contribution in [2.24, 2.45) is 0 Å². The first-order valence-corrected chi connectivity index (χ1v) is 6.23. The summed E-state index contributed by atoms with van der Waals surface area (Å²) in [5.74, 6) is -1.72. The number of nitrogens with two attached hydrogens (primary N) is 1. The van der Waals surface area contributed by atoms with E-state index in [4.69, 9.17) is 5.73 Å². The smallest absolute Gasteiger partial charge is 0.280 e. The van der Waals surface area contributed by atoms with E-state index in [-0.39, 0.29) is 22.4 Å². The van der Waals surface area contributed by atoms with E-state index in [0.29, 0.717) is 5.01 Å². The molecule has 0 aliphatic carbocycles. The summed E-state index contributed by atoms with van der Waals surface area (Å²) in [4.78, 5) is 36.4. The number of nitrogens with zero attached hydrogens (tertiary/aromatic N) is 1. The lowest BCUT2D eigenvalue weighted by Gasteiger charge is -2.15. The maximum absolute atomic E-state index is 12.1. The molecule has 0 unspecified atom stereocenters. The van der Waals surface area contributed by atoms with Gasteiger partial charge in [-0.1, -0.05) is 24.3 Å². The van der Waals surface area contributed by atoms with E-state index in [9.17, 15) is 14.4 Å². The van der Waals surface area contributed by atoms with E-state index in [1.165, 1.54) is 6.07 Å². The third-order valence-electron chi connectivity index (χ3n) is 3.21. The molecule has 6 nitrogen and oxygen atoms in total. The predicted octanol–water partition coefficient (Wildman–Crippen LogP) is 1.21. The molecule has 104 valence electrons. The van der Waals surface area contributed by atoms with Gasteiger partial charge in [0.05, 0.1) is 16.7 Å². The first-order chi connectivity index (χ1) is 10.1. The zero-order valence-electron chi connectivity index (χ0n) is 10.9. The molecule has 3 N–H and O–H groups in total. The molecule has 0 radical (unpaired) electrons. The van der Waals surface area contributed by atoms with E-state index >= 15 is 0 Å². The number of nitrogen functional groups attached to an aromatic ring is 1. The molecule has 0 atom stereocenters. The Labute approximate surface area is 120 Å². The molecule has 2 aromatic rings. The van der Waals surface area contributed by atoms with Crippen LogP contribution in [0.15, 0.2) is 48.5 Å². The molecule has 3 amide bonds. The van der Waals surface area contributed by atoms with E-state index in [2.05, 4.69) is 5.43 Å². The lowest BCUT2D eigenvalue weighted by atomic mass is 10.1. The molecule has 1 aliphatic heterocycles. The Bertz CT molecular complexity index is 735. The first-order valence-electron chi connectivity index (χ1n) is 6.23. The van der Waals surface area contributed by atoms with Gasteiger partial charge in [-0.25, -0.2) is 0 Å². The molecule has 2 aromatic carbocycles. The lowest BCUT2D eigenvalue weighted by Crippen LogP contribution is -2.46. The van der Waals surface area contributed by atoms with Crippen LogP contribution >= 0.6 is 0 Å². The van der Waals surface area contributed by atoms with Crippen LogP contribution in [0.5, 0.6) is 0 Å². The highest BCUT2D eigenvalue weighted by molar-refractivity contribution is 6.22. The second-order valence-electron chi connectivity index (χ2n) is 4.52. The Morgan fingerprint density at radius 3 is 2.00 bits per heavy atom. The van der Waals surface area contributed by atoms with Crippen LogP contribution in [-0.2, 0) is 0 Å². The number of benzene rings is 2. The second-order valence-corrected chi connectivity index (χ2v) is 4.52. The van der Waals surface area contributed by atoms with Crippen molar-refractivity contribution in [1.29, 1.82) is 0 Å². The third-order valence-corrected chi connectivity index (χ3v) is 3.21. The number of fused-ring (bicyclic) bond motifs is 1. The summed E-state index contributed by atoms with van der Waals surface area (Å²) >= 11 is 0. The minimum atomic E-state index is -0.609. The number of hydrogen-bond donors (Lipinski definition) is 2. The zero-order valence-corrected chi connectivity index (χ0v) is 10.9. The molecule has 0 saturated heterocycles. The largest absolute Gasteiger partial charge is 0.398 e. The third kappa shape index (κ3) is 2.02. The minimum absolute atomic E-state index is 0.203. The number of hydrazine groups is 1. The predicted molar refractivity (Wildman–Crippen MR) is 75.3 cm³/mol. The van der Waals surface area contributed by atoms with Gasteiger partial charge < -0.3 is 5.73 Å². The van der Waals surface area contributed by atoms with Crippen molar-refractivity contribution in [3.63, 3.8) is 0 Å². The Morgan fingerprint density at radius 2 is 1.43 bits per heavy atom. The zero-order chi connectivity index (χ0) is 15.0. The van der Waals surface area contributed by atoms with Gasteiger partial charge in [0.2, 0.25) is 0 Å². The number of carbonyl (C=O) groups is 3. The topological polar surface area (TPSA) is 92.5 Å². The van der Waals surface area contributed by atoms with E-state index in [0.717, 1.165) is 0 Å². The molecular formula is C15H11N3O3. The van der Waals surface area contributed by atoms with Gasteiger partial charge in [0.25, 0.3) is 17.7 Å². The molecule has 0 aromatic heterocycles. The molecular weight excluding hydrogens is 270 g/mol. The number of amides is 3. The normalized spacial score (nSPS) is 13.2. The van der Waals surface area contributed by atoms with Crippen LogP contribution in [0, 0.1) is 0 Å². The Kier molecular flexibility index (Phi) is 2.91. The van der Waals surface area contributed by atoms with Crippen molar-refractivity contribution in [1.82, 2.24) is 10.4 Å². The molecule has 3 rings (SSSR count). The highest BCUT2D eigenvalue weighted by atomic mass is 16.2. The summed E-state index contributed by atoms with van der Waals surface area (Å²) in [5, 5.41) is 0.708. The van der Waals surface area contributed by atoms with Crippen LogP contribution in [-0.4, -0.2) is 22.7 Å². The molecule has 21 heavy (non-hydrogen) atoms. The van der Waals surface area contributed by atoms with Crippen molar-refractivity contribution >= 4 is 23.4 Å². The van der Waals surface area contributed by atoms with Gasteiger partial charge in [0, 0.05) is 5.69 Å². The van der Waals surface area contributed by atoms with Crippen molar-refractivity contribution in [3.8, 4) is 0 Å². The van der Waals surface area contributed by atoms with Gasteiger partial charge in [-0.05, 0) is 24.3 Å². The molecule has 0 spiro atoms. The Balaban J connectivity index is 1.88. The highest BCUT2D eigenvalue weighted by Crippen LogP contribution is 2.21. The summed E-state index contributed by atoms with van der Waals surface area (Å²) in [7, 11) is 0. The quantitative estimate of drug-likeness (QED) is 0.639. The molecule has 1 heterocycles. The number of anilines is 1. The molecule has 1 aliphatic rings. The standard InChI is InChI=1S/C15H11N3O3/c16-12-8-4-3-7-11(12)13(19)17-18-14(20)9-5-1-2-6-10(9)15(18)21/h1-8H,16H2,(H,17,19). The summed E-state index contributed by atoms with van der Waals surface area (Å²) in [5.41, 5.74) is 9.01. The van der Waals surface area contributed by atoms with Crippen molar-refractivity contribution < 1.29 is 14.4 Å². The van der Waals surface area contributed by atoms with Crippen LogP contribution in [0.3, 0.4) is 0 Å². The van der Waals surface area contributed by atoms with Crippen LogP contribution in [0.25, 0.3) is 0 Å². The molecule has 0 bridgehead atoms. The molecule has 6 heteroatoms. The SMILES string of the molecule is Nc1ccccc1C(=O)NN1C(=O)c2ccccc2C1=O. The molecule has 0 fully saturated rings. The minimum Gasteiger partial charge on any atom is -0.398 e. The monoisotopic (exact) mass is 281 g/mol. The summed E-state index contributed by atoms with van der Waals surface area (Å²) in [6, 6.07) is 12.8. The van der Waals surface area contributed by atoms with Gasteiger partial charge in [-0.15, -0.1) is 0 Å².